The summed E-state index contributed by atoms with van der Waals surface area (Å²) in [5.41, 5.74) is 6.77. The number of benzene rings is 1. The molecule has 1 rings (SSSR count). The highest BCUT2D eigenvalue weighted by atomic mass is 127. The molecule has 21 heavy (non-hydrogen) atoms. The Morgan fingerprint density at radius 1 is 1.29 bits per heavy atom. The van der Waals surface area contributed by atoms with Crippen molar-refractivity contribution in [1.29, 1.82) is 0 Å². The van der Waals surface area contributed by atoms with Crippen LogP contribution in [0.4, 0.5) is 11.4 Å². The van der Waals surface area contributed by atoms with Crippen molar-refractivity contribution in [3.05, 3.63) is 21.8 Å². The number of nitrogens with zero attached hydrogens (tertiary/aromatic N) is 1. The van der Waals surface area contributed by atoms with Crippen LogP contribution in [0.1, 0.15) is 13.8 Å². The highest BCUT2D eigenvalue weighted by molar-refractivity contribution is 14.1. The molecule has 2 N–H and O–H groups in total. The third kappa shape index (κ3) is 5.33. The number of aliphatic imine (C=N–C) groups is 1. The van der Waals surface area contributed by atoms with Crippen molar-refractivity contribution in [2.75, 3.05) is 18.9 Å². The van der Waals surface area contributed by atoms with Crippen LogP contribution in [-0.2, 0) is 19.1 Å². The molecule has 0 saturated carbocycles. The molecule has 0 unspecified atom stereocenters. The van der Waals surface area contributed by atoms with Crippen LogP contribution in [0.3, 0.4) is 0 Å². The number of nitrogen functional groups attached to an aromatic ring is 1. The zero-order valence-electron chi connectivity index (χ0n) is 11.8. The third-order valence-electron chi connectivity index (χ3n) is 2.43. The quantitative estimate of drug-likeness (QED) is 0.258. The molecule has 6 nitrogen and oxygen atoms in total. The third-order valence-corrected chi connectivity index (χ3v) is 3.10. The van der Waals surface area contributed by atoms with Gasteiger partial charge in [-0.15, -0.1) is 0 Å². The largest absolute Gasteiger partial charge is 0.465 e. The van der Waals surface area contributed by atoms with Gasteiger partial charge in [0.1, 0.15) is 0 Å². The number of carbonyl (C=O) groups is 2. The van der Waals surface area contributed by atoms with Crippen LogP contribution in [-0.4, -0.2) is 31.4 Å². The van der Waals surface area contributed by atoms with Gasteiger partial charge in [0.25, 0.3) is 0 Å². The summed E-state index contributed by atoms with van der Waals surface area (Å²) in [6, 6.07) is 5.28. The normalized spacial score (nSPS) is 10.9. The molecule has 0 heterocycles. The predicted octanol–water partition coefficient (Wildman–Crippen LogP) is 2.32. The van der Waals surface area contributed by atoms with Crippen molar-refractivity contribution in [1.82, 2.24) is 0 Å². The van der Waals surface area contributed by atoms with E-state index >= 15 is 0 Å². The lowest BCUT2D eigenvalue weighted by atomic mass is 10.1. The highest BCUT2D eigenvalue weighted by Gasteiger charge is 2.27. The van der Waals surface area contributed by atoms with Crippen LogP contribution in [0, 0.1) is 9.49 Å². The van der Waals surface area contributed by atoms with Gasteiger partial charge in [-0.1, -0.05) is 0 Å². The van der Waals surface area contributed by atoms with Crippen LogP contribution in [0.2, 0.25) is 0 Å². The lowest BCUT2D eigenvalue weighted by Gasteiger charge is -2.10. The SMILES string of the molecule is CCOC(=O)C(C=Nc1ccc(I)cc1N)C(=O)OCC. The van der Waals surface area contributed by atoms with E-state index in [1.165, 1.54) is 6.21 Å². The summed E-state index contributed by atoms with van der Waals surface area (Å²) in [5.74, 6) is -2.57. The van der Waals surface area contributed by atoms with Crippen LogP contribution >= 0.6 is 22.6 Å². The van der Waals surface area contributed by atoms with E-state index in [2.05, 4.69) is 27.6 Å². The summed E-state index contributed by atoms with van der Waals surface area (Å²) in [6.07, 6.45) is 1.20. The molecule has 0 amide bonds. The van der Waals surface area contributed by atoms with Gasteiger partial charge in [-0.05, 0) is 54.6 Å². The minimum absolute atomic E-state index is 0.175. The van der Waals surface area contributed by atoms with Gasteiger partial charge in [0.05, 0.1) is 24.6 Å². The molecular formula is C14H17IN2O4. The summed E-state index contributed by atoms with van der Waals surface area (Å²) < 4.78 is 10.7. The molecule has 0 aliphatic heterocycles. The second-order valence-corrected chi connectivity index (χ2v) is 5.21. The molecule has 0 atom stereocenters. The van der Waals surface area contributed by atoms with E-state index in [0.717, 1.165) is 3.57 Å². The van der Waals surface area contributed by atoms with Crippen molar-refractivity contribution in [2.45, 2.75) is 13.8 Å². The molecule has 1 aromatic carbocycles. The molecule has 7 heteroatoms. The Balaban J connectivity index is 2.96. The summed E-state index contributed by atoms with van der Waals surface area (Å²) in [5, 5.41) is 0. The van der Waals surface area contributed by atoms with E-state index in [-0.39, 0.29) is 13.2 Å². The first kappa shape index (κ1) is 17.4. The summed E-state index contributed by atoms with van der Waals surface area (Å²) >= 11 is 2.13. The Hall–Kier alpha value is -1.64. The van der Waals surface area contributed by atoms with Crippen molar-refractivity contribution in [2.24, 2.45) is 10.9 Å². The standard InChI is InChI=1S/C14H17IN2O4/c1-3-20-13(18)10(14(19)21-4-2)8-17-12-6-5-9(15)7-11(12)16/h5-8,10H,3-4,16H2,1-2H3. The van der Waals surface area contributed by atoms with E-state index in [9.17, 15) is 9.59 Å². The van der Waals surface area contributed by atoms with Crippen molar-refractivity contribution in [3.8, 4) is 0 Å². The first-order chi connectivity index (χ1) is 9.99. The minimum Gasteiger partial charge on any atom is -0.465 e. The molecular weight excluding hydrogens is 387 g/mol. The first-order valence-electron chi connectivity index (χ1n) is 6.42. The topological polar surface area (TPSA) is 91.0 Å². The van der Waals surface area contributed by atoms with Crippen LogP contribution < -0.4 is 5.73 Å². The number of halogens is 1. The number of esters is 2. The lowest BCUT2D eigenvalue weighted by Crippen LogP contribution is -2.29. The number of hydrogen-bond donors (Lipinski definition) is 1. The fraction of sp³-hybridized carbons (Fsp3) is 0.357. The van der Waals surface area contributed by atoms with E-state index < -0.39 is 17.9 Å². The molecule has 0 aromatic heterocycles. The maximum Gasteiger partial charge on any atom is 0.325 e. The Morgan fingerprint density at radius 3 is 2.33 bits per heavy atom. The summed E-state index contributed by atoms with van der Waals surface area (Å²) in [6.45, 7) is 3.67. The predicted molar refractivity (Wildman–Crippen MR) is 88.5 cm³/mol. The zero-order valence-corrected chi connectivity index (χ0v) is 14.0. The van der Waals surface area contributed by atoms with Crippen LogP contribution in [0.15, 0.2) is 23.2 Å². The molecule has 0 saturated heterocycles. The van der Waals surface area contributed by atoms with Gasteiger partial charge in [-0.3, -0.25) is 14.6 Å². The zero-order chi connectivity index (χ0) is 15.8. The minimum atomic E-state index is -1.19. The maximum absolute atomic E-state index is 11.8. The molecule has 114 valence electrons. The van der Waals surface area contributed by atoms with E-state index in [1.807, 2.05) is 6.07 Å². The number of rotatable bonds is 6. The Kier molecular flexibility index (Phi) is 7.13. The number of carbonyl (C=O) groups excluding carboxylic acids is 2. The molecule has 0 fully saturated rings. The Morgan fingerprint density at radius 2 is 1.86 bits per heavy atom. The average molecular weight is 404 g/mol. The second kappa shape index (κ2) is 8.60. The highest BCUT2D eigenvalue weighted by Crippen LogP contribution is 2.23. The van der Waals surface area contributed by atoms with Gasteiger partial charge >= 0.3 is 11.9 Å². The number of anilines is 1. The molecule has 0 bridgehead atoms. The average Bonchev–Trinajstić information content (AvgIpc) is 2.41. The fourth-order valence-electron chi connectivity index (χ4n) is 1.48. The van der Waals surface area contributed by atoms with Crippen molar-refractivity contribution in [3.63, 3.8) is 0 Å². The van der Waals surface area contributed by atoms with Gasteiger partial charge < -0.3 is 15.2 Å². The number of nitrogens with two attached hydrogens (primary N) is 1. The Labute approximate surface area is 136 Å². The van der Waals surface area contributed by atoms with Crippen LogP contribution in [0.25, 0.3) is 0 Å². The van der Waals surface area contributed by atoms with Gasteiger partial charge in [0.2, 0.25) is 0 Å². The molecule has 0 aliphatic carbocycles. The fourth-order valence-corrected chi connectivity index (χ4v) is 2.00. The molecule has 0 spiro atoms. The van der Waals surface area contributed by atoms with Crippen LogP contribution in [0.5, 0.6) is 0 Å². The summed E-state index contributed by atoms with van der Waals surface area (Å²) in [4.78, 5) is 27.6. The Bertz CT molecular complexity index is 528. The van der Waals surface area contributed by atoms with Gasteiger partial charge in [0.15, 0.2) is 5.92 Å². The van der Waals surface area contributed by atoms with Gasteiger partial charge in [-0.2, -0.15) is 0 Å². The van der Waals surface area contributed by atoms with Crippen molar-refractivity contribution >= 4 is 52.1 Å². The van der Waals surface area contributed by atoms with Gasteiger partial charge in [-0.25, -0.2) is 0 Å². The molecule has 1 aromatic rings. The van der Waals surface area contributed by atoms with E-state index in [0.29, 0.717) is 11.4 Å². The van der Waals surface area contributed by atoms with E-state index in [4.69, 9.17) is 15.2 Å². The van der Waals surface area contributed by atoms with E-state index in [1.54, 1.807) is 26.0 Å². The maximum atomic E-state index is 11.8. The first-order valence-corrected chi connectivity index (χ1v) is 7.49. The summed E-state index contributed by atoms with van der Waals surface area (Å²) in [7, 11) is 0. The molecule has 0 radical (unpaired) electrons. The number of hydrogen-bond acceptors (Lipinski definition) is 6. The molecule has 0 aliphatic rings. The number of ether oxygens (including phenoxy) is 2. The van der Waals surface area contributed by atoms with Crippen molar-refractivity contribution < 1.29 is 19.1 Å². The monoisotopic (exact) mass is 404 g/mol. The second-order valence-electron chi connectivity index (χ2n) is 3.96. The lowest BCUT2D eigenvalue weighted by molar-refractivity contribution is -0.157. The smallest absolute Gasteiger partial charge is 0.325 e. The van der Waals surface area contributed by atoms with Gasteiger partial charge in [0, 0.05) is 9.78 Å².